The van der Waals surface area contributed by atoms with Crippen LogP contribution in [0.5, 0.6) is 11.5 Å². The molecule has 2 aromatic carbocycles. The first-order chi connectivity index (χ1) is 14.1. The fourth-order valence-corrected chi connectivity index (χ4v) is 2.78. The summed E-state index contributed by atoms with van der Waals surface area (Å²) < 4.78 is 10.8. The number of nitrogens with one attached hydrogen (secondary N) is 3. The van der Waals surface area contributed by atoms with Crippen molar-refractivity contribution in [3.63, 3.8) is 0 Å². The summed E-state index contributed by atoms with van der Waals surface area (Å²) in [5, 5.41) is 8.45. The van der Waals surface area contributed by atoms with E-state index >= 15 is 0 Å². The van der Waals surface area contributed by atoms with Crippen molar-refractivity contribution in [2.45, 2.75) is 26.3 Å². The molecule has 2 aromatic rings. The van der Waals surface area contributed by atoms with Gasteiger partial charge in [-0.15, -0.1) is 0 Å². The average Bonchev–Trinajstić information content (AvgIpc) is 3.04. The van der Waals surface area contributed by atoms with E-state index in [-0.39, 0.29) is 18.2 Å². The normalized spacial score (nSPS) is 15.3. The van der Waals surface area contributed by atoms with Gasteiger partial charge >= 0.3 is 0 Å². The van der Waals surface area contributed by atoms with E-state index in [1.54, 1.807) is 24.3 Å². The molecule has 1 unspecified atom stereocenters. The summed E-state index contributed by atoms with van der Waals surface area (Å²) >= 11 is 0. The standard InChI is InChI=1S/C21H24N4O4/c1-3-28-16-9-5-14(6-10-16)22-19(26)13-18-20(27)25-21(24-18)23-15-7-11-17(12-8-15)29-4-2/h5-12,18H,3-4,13H2,1-2H3,(H,22,26)(H2,23,24,25,27). The van der Waals surface area contributed by atoms with Gasteiger partial charge in [0.1, 0.15) is 17.5 Å². The van der Waals surface area contributed by atoms with Crippen molar-refractivity contribution < 1.29 is 19.1 Å². The maximum atomic E-state index is 12.3. The third-order valence-corrected chi connectivity index (χ3v) is 4.09. The highest BCUT2D eigenvalue weighted by atomic mass is 16.5. The highest BCUT2D eigenvalue weighted by molar-refractivity contribution is 6.11. The van der Waals surface area contributed by atoms with E-state index in [0.717, 1.165) is 17.2 Å². The number of hydrogen-bond donors (Lipinski definition) is 3. The Morgan fingerprint density at radius 3 is 2.07 bits per heavy atom. The lowest BCUT2D eigenvalue weighted by atomic mass is 10.2. The first-order valence-corrected chi connectivity index (χ1v) is 9.48. The molecule has 0 aliphatic carbocycles. The van der Waals surface area contributed by atoms with Crippen LogP contribution in [0.4, 0.5) is 11.4 Å². The SMILES string of the molecule is CCOc1ccc(NC(=O)CC2N=C(Nc3ccc(OCC)cc3)NC2=O)cc1. The Kier molecular flexibility index (Phi) is 6.67. The fourth-order valence-electron chi connectivity index (χ4n) is 2.78. The van der Waals surface area contributed by atoms with Crippen LogP contribution < -0.4 is 25.4 Å². The van der Waals surface area contributed by atoms with Crippen LogP contribution in [0.1, 0.15) is 20.3 Å². The van der Waals surface area contributed by atoms with Gasteiger partial charge in [-0.25, -0.2) is 4.99 Å². The van der Waals surface area contributed by atoms with Crippen molar-refractivity contribution in [1.82, 2.24) is 5.32 Å². The number of carbonyl (C=O) groups excluding carboxylic acids is 2. The third kappa shape index (κ3) is 5.71. The molecule has 0 fully saturated rings. The first-order valence-electron chi connectivity index (χ1n) is 9.48. The molecule has 2 amide bonds. The lowest BCUT2D eigenvalue weighted by Crippen LogP contribution is -2.33. The monoisotopic (exact) mass is 396 g/mol. The Balaban J connectivity index is 1.54. The largest absolute Gasteiger partial charge is 0.494 e. The van der Waals surface area contributed by atoms with E-state index in [2.05, 4.69) is 20.9 Å². The molecule has 0 saturated heterocycles. The van der Waals surface area contributed by atoms with Crippen LogP contribution in [0.3, 0.4) is 0 Å². The Morgan fingerprint density at radius 1 is 0.966 bits per heavy atom. The molecule has 3 rings (SSSR count). The van der Waals surface area contributed by atoms with Crippen molar-refractivity contribution in [2.75, 3.05) is 23.8 Å². The minimum absolute atomic E-state index is 0.0481. The maximum absolute atomic E-state index is 12.3. The molecule has 3 N–H and O–H groups in total. The van der Waals surface area contributed by atoms with Gasteiger partial charge < -0.3 is 20.1 Å². The molecular formula is C21H24N4O4. The van der Waals surface area contributed by atoms with E-state index < -0.39 is 6.04 Å². The van der Waals surface area contributed by atoms with Gasteiger partial charge in [-0.2, -0.15) is 0 Å². The molecule has 8 nitrogen and oxygen atoms in total. The number of anilines is 2. The minimum atomic E-state index is -0.775. The molecule has 1 atom stereocenters. The summed E-state index contributed by atoms with van der Waals surface area (Å²) in [5.74, 6) is 1.20. The van der Waals surface area contributed by atoms with Gasteiger partial charge in [0, 0.05) is 11.4 Å². The van der Waals surface area contributed by atoms with E-state index in [1.807, 2.05) is 38.1 Å². The molecule has 0 spiro atoms. The second kappa shape index (κ2) is 9.59. The van der Waals surface area contributed by atoms with E-state index in [1.165, 1.54) is 0 Å². The maximum Gasteiger partial charge on any atom is 0.252 e. The summed E-state index contributed by atoms with van der Waals surface area (Å²) in [7, 11) is 0. The fraction of sp³-hybridized carbons (Fsp3) is 0.286. The van der Waals surface area contributed by atoms with Gasteiger partial charge in [0.15, 0.2) is 0 Å². The van der Waals surface area contributed by atoms with E-state index in [9.17, 15) is 9.59 Å². The topological polar surface area (TPSA) is 101 Å². The van der Waals surface area contributed by atoms with Crippen molar-refractivity contribution in [3.05, 3.63) is 48.5 Å². The van der Waals surface area contributed by atoms with Gasteiger partial charge in [-0.1, -0.05) is 0 Å². The predicted molar refractivity (Wildman–Crippen MR) is 111 cm³/mol. The van der Waals surface area contributed by atoms with Crippen LogP contribution in [-0.4, -0.2) is 37.0 Å². The molecule has 152 valence electrons. The van der Waals surface area contributed by atoms with Crippen LogP contribution in [-0.2, 0) is 9.59 Å². The molecule has 29 heavy (non-hydrogen) atoms. The number of amides is 2. The lowest BCUT2D eigenvalue weighted by molar-refractivity contribution is -0.123. The summed E-state index contributed by atoms with van der Waals surface area (Å²) in [6.45, 7) is 4.99. The van der Waals surface area contributed by atoms with Gasteiger partial charge in [0.05, 0.1) is 19.6 Å². The van der Waals surface area contributed by atoms with Crippen molar-refractivity contribution in [1.29, 1.82) is 0 Å². The predicted octanol–water partition coefficient (Wildman–Crippen LogP) is 2.78. The summed E-state index contributed by atoms with van der Waals surface area (Å²) in [5.41, 5.74) is 1.39. The molecule has 8 heteroatoms. The van der Waals surface area contributed by atoms with Crippen LogP contribution in [0, 0.1) is 0 Å². The number of nitrogens with zero attached hydrogens (tertiary/aromatic N) is 1. The zero-order chi connectivity index (χ0) is 20.6. The molecule has 0 radical (unpaired) electrons. The molecule has 1 aliphatic heterocycles. The Bertz CT molecular complexity index is 879. The van der Waals surface area contributed by atoms with Gasteiger partial charge in [0.25, 0.3) is 5.91 Å². The third-order valence-electron chi connectivity index (χ3n) is 4.09. The Hall–Kier alpha value is -3.55. The van der Waals surface area contributed by atoms with E-state index in [0.29, 0.717) is 24.9 Å². The Labute approximate surface area is 169 Å². The molecule has 1 heterocycles. The zero-order valence-electron chi connectivity index (χ0n) is 16.4. The molecule has 0 aromatic heterocycles. The molecule has 0 bridgehead atoms. The zero-order valence-corrected chi connectivity index (χ0v) is 16.4. The number of benzene rings is 2. The number of carbonyl (C=O) groups is 2. The van der Waals surface area contributed by atoms with Crippen molar-refractivity contribution in [2.24, 2.45) is 4.99 Å². The number of aliphatic imine (C=N–C) groups is 1. The first kappa shape index (κ1) is 20.2. The number of rotatable bonds is 8. The molecule has 0 saturated carbocycles. The van der Waals surface area contributed by atoms with Crippen LogP contribution >= 0.6 is 0 Å². The molecular weight excluding hydrogens is 372 g/mol. The van der Waals surface area contributed by atoms with Gasteiger partial charge in [0.2, 0.25) is 11.9 Å². The van der Waals surface area contributed by atoms with Gasteiger partial charge in [-0.05, 0) is 62.4 Å². The number of hydrogen-bond acceptors (Lipinski definition) is 6. The number of ether oxygens (including phenoxy) is 2. The van der Waals surface area contributed by atoms with Crippen LogP contribution in [0.25, 0.3) is 0 Å². The second-order valence-electron chi connectivity index (χ2n) is 6.27. The van der Waals surface area contributed by atoms with Gasteiger partial charge in [-0.3, -0.25) is 14.9 Å². The Morgan fingerprint density at radius 2 is 1.52 bits per heavy atom. The smallest absolute Gasteiger partial charge is 0.252 e. The van der Waals surface area contributed by atoms with E-state index in [4.69, 9.17) is 9.47 Å². The van der Waals surface area contributed by atoms with Crippen molar-refractivity contribution >= 4 is 29.1 Å². The quantitative estimate of drug-likeness (QED) is 0.637. The highest BCUT2D eigenvalue weighted by Gasteiger charge is 2.28. The summed E-state index contributed by atoms with van der Waals surface area (Å²) in [6, 6.07) is 13.6. The number of guanidine groups is 1. The average molecular weight is 396 g/mol. The van der Waals surface area contributed by atoms with Crippen molar-refractivity contribution in [3.8, 4) is 11.5 Å². The van der Waals surface area contributed by atoms with Crippen LogP contribution in [0.2, 0.25) is 0 Å². The highest BCUT2D eigenvalue weighted by Crippen LogP contribution is 2.18. The minimum Gasteiger partial charge on any atom is -0.494 e. The summed E-state index contributed by atoms with van der Waals surface area (Å²) in [4.78, 5) is 28.7. The second-order valence-corrected chi connectivity index (χ2v) is 6.27. The summed E-state index contributed by atoms with van der Waals surface area (Å²) in [6.07, 6.45) is -0.0481. The lowest BCUT2D eigenvalue weighted by Gasteiger charge is -2.08. The van der Waals surface area contributed by atoms with Crippen LogP contribution in [0.15, 0.2) is 53.5 Å². The molecule has 1 aliphatic rings.